The van der Waals surface area contributed by atoms with Crippen molar-refractivity contribution in [3.63, 3.8) is 0 Å². The maximum atomic E-state index is 13.6. The van der Waals surface area contributed by atoms with Crippen LogP contribution in [0.15, 0.2) is 46.9 Å². The molecular formula is C19H22F3N3O4. The van der Waals surface area contributed by atoms with Crippen LogP contribution in [-0.4, -0.2) is 43.0 Å². The highest BCUT2D eigenvalue weighted by Gasteiger charge is 2.45. The Balaban J connectivity index is 2.62. The zero-order valence-electron chi connectivity index (χ0n) is 16.5. The molecule has 0 radical (unpaired) electrons. The Morgan fingerprint density at radius 2 is 1.86 bits per heavy atom. The number of nitrogens with zero attached hydrogens (tertiary/aromatic N) is 2. The van der Waals surface area contributed by atoms with Gasteiger partial charge in [-0.25, -0.2) is 4.79 Å². The molecule has 1 N–H and O–H groups in total. The molecule has 1 aliphatic rings. The van der Waals surface area contributed by atoms with Crippen molar-refractivity contribution < 1.29 is 27.6 Å². The maximum Gasteiger partial charge on any atom is 0.416 e. The summed E-state index contributed by atoms with van der Waals surface area (Å²) in [7, 11) is 3.53. The Morgan fingerprint density at radius 1 is 1.24 bits per heavy atom. The van der Waals surface area contributed by atoms with E-state index in [2.05, 4.69) is 5.32 Å². The van der Waals surface area contributed by atoms with Crippen molar-refractivity contribution in [1.29, 1.82) is 0 Å². The highest BCUT2D eigenvalue weighted by Crippen LogP contribution is 2.44. The molecule has 1 aromatic carbocycles. The smallest absolute Gasteiger partial charge is 0.416 e. The van der Waals surface area contributed by atoms with E-state index in [1.165, 1.54) is 26.0 Å². The molecular weight excluding hydrogens is 391 g/mol. The van der Waals surface area contributed by atoms with Crippen LogP contribution in [0.1, 0.15) is 30.9 Å². The van der Waals surface area contributed by atoms with E-state index in [9.17, 15) is 28.1 Å². The van der Waals surface area contributed by atoms with Gasteiger partial charge in [0.1, 0.15) is 12.5 Å². The lowest BCUT2D eigenvalue weighted by Crippen LogP contribution is -2.33. The van der Waals surface area contributed by atoms with Crippen molar-refractivity contribution in [3.8, 4) is 0 Å². The van der Waals surface area contributed by atoms with Crippen molar-refractivity contribution in [2.75, 3.05) is 27.2 Å². The van der Waals surface area contributed by atoms with Gasteiger partial charge < -0.3 is 15.0 Å². The molecule has 0 fully saturated rings. The summed E-state index contributed by atoms with van der Waals surface area (Å²) in [5.41, 5.74) is -1.86. The minimum absolute atomic E-state index is 0.00720. The van der Waals surface area contributed by atoms with E-state index < -0.39 is 34.2 Å². The van der Waals surface area contributed by atoms with Crippen molar-refractivity contribution in [2.45, 2.75) is 25.9 Å². The van der Waals surface area contributed by atoms with E-state index in [0.717, 1.165) is 12.1 Å². The fourth-order valence-electron chi connectivity index (χ4n) is 3.20. The standard InChI is InChI=1S/C19H22F3N3O4/c1-11-15(18(26)29-10-9-24(3)4)16(17(25(27)28)12(2)23-11)13-7-5-6-8-14(13)19(20,21)22/h5-8,16,23H,9-10H2,1-4H3. The summed E-state index contributed by atoms with van der Waals surface area (Å²) >= 11 is 0. The maximum absolute atomic E-state index is 13.6. The van der Waals surface area contributed by atoms with E-state index in [0.29, 0.717) is 6.54 Å². The first-order valence-corrected chi connectivity index (χ1v) is 8.76. The molecule has 29 heavy (non-hydrogen) atoms. The summed E-state index contributed by atoms with van der Waals surface area (Å²) in [5.74, 6) is -2.42. The summed E-state index contributed by atoms with van der Waals surface area (Å²) in [5, 5.41) is 14.5. The van der Waals surface area contributed by atoms with E-state index in [1.54, 1.807) is 19.0 Å². The van der Waals surface area contributed by atoms with E-state index in [4.69, 9.17) is 4.74 Å². The second kappa shape index (κ2) is 8.64. The lowest BCUT2D eigenvalue weighted by molar-refractivity contribution is -0.431. The van der Waals surface area contributed by atoms with Gasteiger partial charge in [0.25, 0.3) is 5.70 Å². The molecule has 158 valence electrons. The SMILES string of the molecule is CC1=C(C(=O)OCCN(C)C)C(c2ccccc2C(F)(F)F)C([N+](=O)[O-])=C(C)N1. The molecule has 0 amide bonds. The van der Waals surface area contributed by atoms with E-state index >= 15 is 0 Å². The van der Waals surface area contributed by atoms with Gasteiger partial charge in [0, 0.05) is 12.2 Å². The average Bonchev–Trinajstić information content (AvgIpc) is 2.59. The summed E-state index contributed by atoms with van der Waals surface area (Å²) in [6.45, 7) is 3.25. The quantitative estimate of drug-likeness (QED) is 0.438. The van der Waals surface area contributed by atoms with Crippen molar-refractivity contribution in [2.24, 2.45) is 0 Å². The van der Waals surface area contributed by atoms with Gasteiger partial charge in [-0.2, -0.15) is 13.2 Å². The number of halogens is 3. The highest BCUT2D eigenvalue weighted by atomic mass is 19.4. The molecule has 0 saturated heterocycles. The number of carbonyl (C=O) groups excluding carboxylic acids is 1. The number of ether oxygens (including phenoxy) is 1. The number of hydrogen-bond acceptors (Lipinski definition) is 6. The number of benzene rings is 1. The molecule has 0 aromatic heterocycles. The van der Waals surface area contributed by atoms with Gasteiger partial charge in [0.05, 0.1) is 21.8 Å². The van der Waals surface area contributed by atoms with Gasteiger partial charge in [0.15, 0.2) is 0 Å². The lowest BCUT2D eigenvalue weighted by atomic mass is 9.81. The van der Waals surface area contributed by atoms with E-state index in [1.807, 2.05) is 0 Å². The highest BCUT2D eigenvalue weighted by molar-refractivity contribution is 5.92. The Labute approximate surface area is 166 Å². The third-order valence-electron chi connectivity index (χ3n) is 4.49. The summed E-state index contributed by atoms with van der Waals surface area (Å²) in [4.78, 5) is 25.5. The van der Waals surface area contributed by atoms with Crippen molar-refractivity contribution in [3.05, 3.63) is 68.2 Å². The average molecular weight is 413 g/mol. The molecule has 2 rings (SSSR count). The molecule has 1 heterocycles. The Hall–Kier alpha value is -2.88. The number of esters is 1. The monoisotopic (exact) mass is 413 g/mol. The summed E-state index contributed by atoms with van der Waals surface area (Å²) in [6.07, 6.45) is -4.75. The van der Waals surface area contributed by atoms with Crippen LogP contribution in [0.5, 0.6) is 0 Å². The number of nitrogens with one attached hydrogen (secondary N) is 1. The van der Waals surface area contributed by atoms with Crippen LogP contribution in [0, 0.1) is 10.1 Å². The van der Waals surface area contributed by atoms with Gasteiger partial charge in [-0.3, -0.25) is 10.1 Å². The molecule has 1 unspecified atom stereocenters. The van der Waals surface area contributed by atoms with E-state index in [-0.39, 0.29) is 29.1 Å². The predicted octanol–water partition coefficient (Wildman–Crippen LogP) is 3.28. The van der Waals surface area contributed by atoms with Crippen LogP contribution in [0.2, 0.25) is 0 Å². The number of likely N-dealkylation sites (N-methyl/N-ethyl adjacent to an activating group) is 1. The number of carbonyl (C=O) groups is 1. The topological polar surface area (TPSA) is 84.7 Å². The van der Waals surface area contributed by atoms with Crippen molar-refractivity contribution >= 4 is 5.97 Å². The number of rotatable bonds is 6. The number of hydrogen-bond donors (Lipinski definition) is 1. The van der Waals surface area contributed by atoms with Crippen LogP contribution in [0.4, 0.5) is 13.2 Å². The second-order valence-electron chi connectivity index (χ2n) is 6.89. The molecule has 0 aliphatic carbocycles. The van der Waals surface area contributed by atoms with Crippen LogP contribution in [0.3, 0.4) is 0 Å². The van der Waals surface area contributed by atoms with Gasteiger partial charge in [0.2, 0.25) is 0 Å². The Bertz CT molecular complexity index is 876. The predicted molar refractivity (Wildman–Crippen MR) is 99.2 cm³/mol. The van der Waals surface area contributed by atoms with Gasteiger partial charge >= 0.3 is 12.1 Å². The van der Waals surface area contributed by atoms with Crippen LogP contribution in [0.25, 0.3) is 0 Å². The zero-order chi connectivity index (χ0) is 21.9. The molecule has 1 aliphatic heterocycles. The van der Waals surface area contributed by atoms with Crippen LogP contribution in [-0.2, 0) is 15.7 Å². The number of nitro groups is 1. The van der Waals surface area contributed by atoms with Crippen molar-refractivity contribution in [1.82, 2.24) is 10.2 Å². The molecule has 1 atom stereocenters. The third-order valence-corrected chi connectivity index (χ3v) is 4.49. The van der Waals surface area contributed by atoms with Gasteiger partial charge in [-0.1, -0.05) is 18.2 Å². The Kier molecular flexibility index (Phi) is 6.68. The number of dihydropyridines is 1. The van der Waals surface area contributed by atoms with Gasteiger partial charge in [-0.05, 0) is 39.6 Å². The molecule has 7 nitrogen and oxygen atoms in total. The number of allylic oxidation sites excluding steroid dienone is 3. The lowest BCUT2D eigenvalue weighted by Gasteiger charge is -2.28. The largest absolute Gasteiger partial charge is 0.461 e. The third kappa shape index (κ3) is 4.94. The summed E-state index contributed by atoms with van der Waals surface area (Å²) < 4.78 is 46.0. The minimum atomic E-state index is -4.75. The number of alkyl halides is 3. The Morgan fingerprint density at radius 3 is 2.41 bits per heavy atom. The minimum Gasteiger partial charge on any atom is -0.461 e. The zero-order valence-corrected chi connectivity index (χ0v) is 16.5. The first-order chi connectivity index (χ1) is 13.4. The normalized spacial score (nSPS) is 17.4. The van der Waals surface area contributed by atoms with Gasteiger partial charge in [-0.15, -0.1) is 0 Å². The second-order valence-corrected chi connectivity index (χ2v) is 6.89. The van der Waals surface area contributed by atoms with Crippen LogP contribution >= 0.6 is 0 Å². The molecule has 10 heteroatoms. The molecule has 0 spiro atoms. The first kappa shape index (κ1) is 22.4. The molecule has 0 saturated carbocycles. The fraction of sp³-hybridized carbons (Fsp3) is 0.421. The summed E-state index contributed by atoms with van der Waals surface area (Å²) in [6, 6.07) is 4.54. The van der Waals surface area contributed by atoms with Crippen LogP contribution < -0.4 is 5.32 Å². The first-order valence-electron chi connectivity index (χ1n) is 8.76. The molecule has 1 aromatic rings. The fourth-order valence-corrected chi connectivity index (χ4v) is 3.20. The molecule has 0 bridgehead atoms.